The highest BCUT2D eigenvalue weighted by Crippen LogP contribution is 2.39. The minimum absolute atomic E-state index is 0.0238. The zero-order valence-corrected chi connectivity index (χ0v) is 30.8. The molecule has 2 saturated heterocycles. The Balaban J connectivity index is 1.17. The van der Waals surface area contributed by atoms with Gasteiger partial charge in [0.1, 0.15) is 36.5 Å². The van der Waals surface area contributed by atoms with Crippen LogP contribution < -0.4 is 14.2 Å². The minimum Gasteiger partial charge on any atom is -0.492 e. The second-order valence-electron chi connectivity index (χ2n) is 13.2. The minimum atomic E-state index is -0.226. The zero-order chi connectivity index (χ0) is 36.5. The Morgan fingerprint density at radius 2 is 1.79 bits per heavy atom. The normalized spacial score (nSPS) is 17.9. The predicted octanol–water partition coefficient (Wildman–Crippen LogP) is 6.42. The number of aliphatic hydroxyl groups excluding tert-OH is 2. The second-order valence-corrected chi connectivity index (χ2v) is 14.0. The number of nitriles is 1. The number of rotatable bonds is 15. The molecule has 2 atom stereocenters. The molecule has 0 spiro atoms. The van der Waals surface area contributed by atoms with E-state index >= 15 is 0 Å². The van der Waals surface area contributed by atoms with E-state index in [1.54, 1.807) is 18.3 Å². The predicted molar refractivity (Wildman–Crippen MR) is 200 cm³/mol. The number of hydrogen-bond donors (Lipinski definition) is 2. The summed E-state index contributed by atoms with van der Waals surface area (Å²) in [6.07, 6.45) is 4.63. The quantitative estimate of drug-likeness (QED) is 0.132. The molecule has 1 aromatic heterocycles. The molecule has 12 heteroatoms. The van der Waals surface area contributed by atoms with Crippen molar-refractivity contribution >= 4 is 23.2 Å². The topological polar surface area (TPSA) is 121 Å². The fourth-order valence-electron chi connectivity index (χ4n) is 6.62. The Morgan fingerprint density at radius 1 is 0.962 bits per heavy atom. The van der Waals surface area contributed by atoms with E-state index in [1.807, 2.05) is 49.4 Å². The number of ether oxygens (including phenoxy) is 4. The molecule has 4 aromatic rings. The number of benzene rings is 3. The fraction of sp³-hybridized carbons (Fsp3) is 0.400. The zero-order valence-electron chi connectivity index (χ0n) is 29.3. The molecule has 2 N–H and O–H groups in total. The van der Waals surface area contributed by atoms with Crippen LogP contribution in [0.15, 0.2) is 67.0 Å². The number of aromatic nitrogens is 1. The molecule has 274 valence electrons. The third-order valence-electron chi connectivity index (χ3n) is 9.57. The first-order chi connectivity index (χ1) is 25.3. The van der Waals surface area contributed by atoms with Crippen molar-refractivity contribution in [3.63, 3.8) is 0 Å². The smallest absolute Gasteiger partial charge is 0.142 e. The van der Waals surface area contributed by atoms with Gasteiger partial charge in [-0.3, -0.25) is 9.88 Å². The van der Waals surface area contributed by atoms with E-state index in [-0.39, 0.29) is 32.0 Å². The van der Waals surface area contributed by atoms with Crippen molar-refractivity contribution in [2.45, 2.75) is 51.7 Å². The Kier molecular flexibility index (Phi) is 13.3. The average molecular weight is 748 g/mol. The average Bonchev–Trinajstić information content (AvgIpc) is 3.58. The molecule has 0 saturated carbocycles. The van der Waals surface area contributed by atoms with Crippen molar-refractivity contribution in [3.05, 3.63) is 105 Å². The number of β-amino-alcohol motifs (C(OH)–C–C–N with tert-alkyl or cyclic N) is 1. The summed E-state index contributed by atoms with van der Waals surface area (Å²) in [5.41, 5.74) is 5.88. The molecule has 0 unspecified atom stereocenters. The largest absolute Gasteiger partial charge is 0.492 e. The van der Waals surface area contributed by atoms with Crippen molar-refractivity contribution in [3.8, 4) is 34.4 Å². The molecule has 3 heterocycles. The summed E-state index contributed by atoms with van der Waals surface area (Å²) in [5, 5.41) is 30.1. The third kappa shape index (κ3) is 9.54. The summed E-state index contributed by atoms with van der Waals surface area (Å²) in [5.74, 6) is 1.68. The van der Waals surface area contributed by atoms with Crippen LogP contribution in [0.3, 0.4) is 0 Å². The number of hydrogen-bond acceptors (Lipinski definition) is 10. The highest BCUT2D eigenvalue weighted by Gasteiger charge is 2.25. The van der Waals surface area contributed by atoms with E-state index in [1.165, 1.54) is 6.20 Å². The third-order valence-corrected chi connectivity index (χ3v) is 10.3. The van der Waals surface area contributed by atoms with Crippen LogP contribution in [0.1, 0.15) is 40.7 Å². The standard InChI is InChI=1S/C40H44Cl2N4O6/c1-27-30(5-2-6-34(27)35-7-3-8-37(40(35)42)50-13-4-10-45-11-9-33(48)22-45)25-52-39-17-38(51-24-29-15-28(18-43)19-44-20-29)31(16-36(39)41)21-46-12-14-49-26-32(46)23-47/h2-3,5-8,15-17,19-20,32-33,47-48H,4,9-14,21-26H2,1H3/t32-,33-/m1/s1. The van der Waals surface area contributed by atoms with E-state index in [4.69, 9.17) is 42.1 Å². The van der Waals surface area contributed by atoms with E-state index in [0.717, 1.165) is 65.9 Å². The summed E-state index contributed by atoms with van der Waals surface area (Å²) in [4.78, 5) is 8.57. The van der Waals surface area contributed by atoms with Crippen LogP contribution in [0, 0.1) is 18.3 Å². The molecular formula is C40H44Cl2N4O6. The molecule has 3 aromatic carbocycles. The van der Waals surface area contributed by atoms with Gasteiger partial charge >= 0.3 is 0 Å². The van der Waals surface area contributed by atoms with Gasteiger partial charge in [-0.05, 0) is 54.7 Å². The first-order valence-corrected chi connectivity index (χ1v) is 18.3. The first kappa shape index (κ1) is 37.8. The number of likely N-dealkylation sites (tertiary alicyclic amines) is 1. The van der Waals surface area contributed by atoms with Gasteiger partial charge < -0.3 is 34.1 Å². The lowest BCUT2D eigenvalue weighted by Gasteiger charge is -2.34. The fourth-order valence-corrected chi connectivity index (χ4v) is 7.14. The summed E-state index contributed by atoms with van der Waals surface area (Å²) in [6.45, 7) is 7.68. The van der Waals surface area contributed by atoms with Crippen LogP contribution in [-0.4, -0.2) is 89.7 Å². The van der Waals surface area contributed by atoms with Gasteiger partial charge in [-0.2, -0.15) is 5.26 Å². The molecule has 6 rings (SSSR count). The van der Waals surface area contributed by atoms with Crippen molar-refractivity contribution in [1.29, 1.82) is 5.26 Å². The molecule has 10 nitrogen and oxygen atoms in total. The maximum absolute atomic E-state index is 9.96. The highest BCUT2D eigenvalue weighted by atomic mass is 35.5. The van der Waals surface area contributed by atoms with Crippen LogP contribution in [0.25, 0.3) is 11.1 Å². The highest BCUT2D eigenvalue weighted by molar-refractivity contribution is 6.35. The Morgan fingerprint density at radius 3 is 2.60 bits per heavy atom. The number of pyridine rings is 1. The van der Waals surface area contributed by atoms with Gasteiger partial charge in [-0.25, -0.2) is 0 Å². The van der Waals surface area contributed by atoms with Gasteiger partial charge in [0.05, 0.1) is 54.2 Å². The molecular weight excluding hydrogens is 703 g/mol. The molecule has 0 amide bonds. The lowest BCUT2D eigenvalue weighted by Crippen LogP contribution is -2.46. The van der Waals surface area contributed by atoms with Crippen LogP contribution in [0.5, 0.6) is 17.2 Å². The molecule has 2 aliphatic rings. The lowest BCUT2D eigenvalue weighted by atomic mass is 9.96. The molecule has 0 bridgehead atoms. The van der Waals surface area contributed by atoms with Crippen LogP contribution >= 0.6 is 23.2 Å². The molecule has 2 fully saturated rings. The molecule has 0 aliphatic carbocycles. The molecule has 52 heavy (non-hydrogen) atoms. The van der Waals surface area contributed by atoms with Crippen molar-refractivity contribution < 1.29 is 29.2 Å². The molecule has 2 aliphatic heterocycles. The summed E-state index contributed by atoms with van der Waals surface area (Å²) >= 11 is 13.8. The SMILES string of the molecule is Cc1c(COc2cc(OCc3cncc(C#N)c3)c(CN3CCOC[C@H]3CO)cc2Cl)cccc1-c1cccc(OCCCN2CC[C@@H](O)C2)c1Cl. The van der Waals surface area contributed by atoms with Crippen molar-refractivity contribution in [2.24, 2.45) is 0 Å². The van der Waals surface area contributed by atoms with Crippen molar-refractivity contribution in [1.82, 2.24) is 14.8 Å². The first-order valence-electron chi connectivity index (χ1n) is 17.6. The van der Waals surface area contributed by atoms with Gasteiger partial charge in [0.25, 0.3) is 0 Å². The van der Waals surface area contributed by atoms with Gasteiger partial charge in [0.2, 0.25) is 0 Å². The van der Waals surface area contributed by atoms with E-state index in [9.17, 15) is 15.5 Å². The Bertz CT molecular complexity index is 1870. The van der Waals surface area contributed by atoms with Gasteiger partial charge in [0, 0.05) is 67.9 Å². The van der Waals surface area contributed by atoms with E-state index < -0.39 is 0 Å². The lowest BCUT2D eigenvalue weighted by molar-refractivity contribution is -0.0315. The van der Waals surface area contributed by atoms with Crippen LogP contribution in [-0.2, 0) is 24.5 Å². The van der Waals surface area contributed by atoms with E-state index in [0.29, 0.717) is 65.8 Å². The Labute approximate surface area is 315 Å². The van der Waals surface area contributed by atoms with E-state index in [2.05, 4.69) is 20.9 Å². The number of nitrogens with zero attached hydrogens (tertiary/aromatic N) is 4. The summed E-state index contributed by atoms with van der Waals surface area (Å²) in [6, 6.07) is 19.2. The number of morpholine rings is 1. The maximum atomic E-state index is 9.96. The maximum Gasteiger partial charge on any atom is 0.142 e. The number of halogens is 2. The monoisotopic (exact) mass is 746 g/mol. The van der Waals surface area contributed by atoms with Crippen molar-refractivity contribution in [2.75, 3.05) is 52.6 Å². The molecule has 0 radical (unpaired) electrons. The second kappa shape index (κ2) is 18.2. The summed E-state index contributed by atoms with van der Waals surface area (Å²) < 4.78 is 24.4. The van der Waals surface area contributed by atoms with Gasteiger partial charge in [-0.15, -0.1) is 0 Å². The summed E-state index contributed by atoms with van der Waals surface area (Å²) in [7, 11) is 0. The Hall–Kier alpha value is -3.92. The van der Waals surface area contributed by atoms with Crippen LogP contribution in [0.4, 0.5) is 0 Å². The van der Waals surface area contributed by atoms with Gasteiger partial charge in [0.15, 0.2) is 0 Å². The van der Waals surface area contributed by atoms with Crippen LogP contribution in [0.2, 0.25) is 10.0 Å². The van der Waals surface area contributed by atoms with Gasteiger partial charge in [-0.1, -0.05) is 53.5 Å². The number of aliphatic hydroxyl groups is 2.